The number of alkyl halides is 3. The lowest BCUT2D eigenvalue weighted by molar-refractivity contribution is -0.267. The summed E-state index contributed by atoms with van der Waals surface area (Å²) in [7, 11) is 2.62. The molecule has 19 heavy (non-hydrogen) atoms. The van der Waals surface area contributed by atoms with Gasteiger partial charge in [0.2, 0.25) is 0 Å². The third kappa shape index (κ3) is 2.74. The Morgan fingerprint density at radius 3 is 2.00 bits per heavy atom. The molecule has 1 atom stereocenters. The van der Waals surface area contributed by atoms with E-state index in [-0.39, 0.29) is 16.5 Å². The fourth-order valence-corrected chi connectivity index (χ4v) is 2.02. The standard InChI is InChI=1S/C12H14ClF3O3/c1-4-11(17,12(14,15)16)7-5-9(18-2)10(19-3)6-8(7)13/h5-6,17H,4H2,1-3H3. The van der Waals surface area contributed by atoms with Crippen LogP contribution < -0.4 is 9.47 Å². The minimum atomic E-state index is -4.84. The number of halogens is 4. The van der Waals surface area contributed by atoms with E-state index in [9.17, 15) is 18.3 Å². The first-order valence-electron chi connectivity index (χ1n) is 5.42. The molecule has 0 saturated heterocycles. The first-order chi connectivity index (χ1) is 8.71. The molecule has 1 unspecified atom stereocenters. The number of hydrogen-bond donors (Lipinski definition) is 1. The molecule has 0 saturated carbocycles. The highest BCUT2D eigenvalue weighted by molar-refractivity contribution is 6.31. The van der Waals surface area contributed by atoms with Gasteiger partial charge in [-0.05, 0) is 12.5 Å². The summed E-state index contributed by atoms with van der Waals surface area (Å²) in [6.45, 7) is 1.22. The number of benzene rings is 1. The summed E-state index contributed by atoms with van der Waals surface area (Å²) in [6, 6.07) is 2.22. The van der Waals surface area contributed by atoms with Gasteiger partial charge in [0.15, 0.2) is 17.1 Å². The SMILES string of the molecule is CCC(O)(c1cc(OC)c(OC)cc1Cl)C(F)(F)F. The zero-order chi connectivity index (χ0) is 14.8. The van der Waals surface area contributed by atoms with Gasteiger partial charge in [-0.15, -0.1) is 0 Å². The second kappa shape index (κ2) is 5.46. The van der Waals surface area contributed by atoms with E-state index in [2.05, 4.69) is 0 Å². The van der Waals surface area contributed by atoms with Gasteiger partial charge in [0.05, 0.1) is 19.2 Å². The third-order valence-corrected chi connectivity index (χ3v) is 3.21. The fourth-order valence-electron chi connectivity index (χ4n) is 1.71. The van der Waals surface area contributed by atoms with Crippen LogP contribution in [0.15, 0.2) is 12.1 Å². The van der Waals surface area contributed by atoms with Gasteiger partial charge >= 0.3 is 6.18 Å². The van der Waals surface area contributed by atoms with Crippen LogP contribution in [-0.4, -0.2) is 25.5 Å². The molecule has 3 nitrogen and oxygen atoms in total. The summed E-state index contributed by atoms with van der Waals surface area (Å²) < 4.78 is 48.9. The van der Waals surface area contributed by atoms with Crippen LogP contribution in [0.2, 0.25) is 5.02 Å². The highest BCUT2D eigenvalue weighted by atomic mass is 35.5. The molecule has 0 aromatic heterocycles. The molecule has 0 spiro atoms. The summed E-state index contributed by atoms with van der Waals surface area (Å²) in [4.78, 5) is 0. The van der Waals surface area contributed by atoms with E-state index in [1.807, 2.05) is 0 Å². The summed E-state index contributed by atoms with van der Waals surface area (Å²) >= 11 is 5.81. The lowest BCUT2D eigenvalue weighted by Gasteiger charge is -2.31. The normalized spacial score (nSPS) is 14.9. The average Bonchev–Trinajstić information content (AvgIpc) is 2.35. The van der Waals surface area contributed by atoms with Crippen LogP contribution in [0, 0.1) is 0 Å². The first kappa shape index (κ1) is 15.9. The zero-order valence-corrected chi connectivity index (χ0v) is 11.4. The van der Waals surface area contributed by atoms with Crippen molar-refractivity contribution in [2.24, 2.45) is 0 Å². The van der Waals surface area contributed by atoms with Gasteiger partial charge in [0.25, 0.3) is 0 Å². The van der Waals surface area contributed by atoms with Crippen LogP contribution in [0.25, 0.3) is 0 Å². The summed E-state index contributed by atoms with van der Waals surface area (Å²) in [5.74, 6) is 0.259. The Balaban J connectivity index is 3.49. The highest BCUT2D eigenvalue weighted by Crippen LogP contribution is 2.46. The van der Waals surface area contributed by atoms with Crippen LogP contribution in [0.1, 0.15) is 18.9 Å². The summed E-state index contributed by atoms with van der Waals surface area (Å²) in [5, 5.41) is 9.65. The number of aliphatic hydroxyl groups is 1. The van der Waals surface area contributed by atoms with Gasteiger partial charge < -0.3 is 14.6 Å². The lowest BCUT2D eigenvalue weighted by atomic mass is 9.90. The molecule has 0 aliphatic heterocycles. The number of hydrogen-bond acceptors (Lipinski definition) is 3. The molecule has 1 rings (SSSR count). The maximum absolute atomic E-state index is 13.0. The third-order valence-electron chi connectivity index (χ3n) is 2.90. The molecule has 0 aliphatic rings. The monoisotopic (exact) mass is 298 g/mol. The second-order valence-corrected chi connectivity index (χ2v) is 4.31. The zero-order valence-electron chi connectivity index (χ0n) is 10.6. The molecule has 0 radical (unpaired) electrons. The molecule has 0 amide bonds. The fraction of sp³-hybridized carbons (Fsp3) is 0.500. The van der Waals surface area contributed by atoms with Crippen molar-refractivity contribution in [2.45, 2.75) is 25.1 Å². The Labute approximate surface area is 113 Å². The molecule has 7 heteroatoms. The van der Waals surface area contributed by atoms with E-state index in [1.54, 1.807) is 0 Å². The van der Waals surface area contributed by atoms with Gasteiger partial charge in [-0.25, -0.2) is 0 Å². The molecular weight excluding hydrogens is 285 g/mol. The first-order valence-corrected chi connectivity index (χ1v) is 5.80. The van der Waals surface area contributed by atoms with E-state index in [4.69, 9.17) is 21.1 Å². The highest BCUT2D eigenvalue weighted by Gasteiger charge is 2.54. The molecule has 0 heterocycles. The Morgan fingerprint density at radius 2 is 1.63 bits per heavy atom. The largest absolute Gasteiger partial charge is 0.493 e. The van der Waals surface area contributed by atoms with E-state index in [1.165, 1.54) is 27.2 Å². The number of methoxy groups -OCH3 is 2. The predicted octanol–water partition coefficient (Wildman–Crippen LogP) is 3.52. The lowest BCUT2D eigenvalue weighted by Crippen LogP contribution is -2.42. The summed E-state index contributed by atoms with van der Waals surface area (Å²) in [6.07, 6.45) is -5.41. The van der Waals surface area contributed by atoms with Crippen molar-refractivity contribution in [3.63, 3.8) is 0 Å². The van der Waals surface area contributed by atoms with Crippen LogP contribution >= 0.6 is 11.6 Å². The van der Waals surface area contributed by atoms with Crippen molar-refractivity contribution in [1.82, 2.24) is 0 Å². The molecule has 1 N–H and O–H groups in total. The van der Waals surface area contributed by atoms with E-state index >= 15 is 0 Å². The van der Waals surface area contributed by atoms with Crippen molar-refractivity contribution in [3.8, 4) is 11.5 Å². The van der Waals surface area contributed by atoms with Gasteiger partial charge in [-0.3, -0.25) is 0 Å². The Morgan fingerprint density at radius 1 is 1.16 bits per heavy atom. The molecular formula is C12H14ClF3O3. The quantitative estimate of drug-likeness (QED) is 0.924. The van der Waals surface area contributed by atoms with Crippen LogP contribution in [0.4, 0.5) is 13.2 Å². The minimum absolute atomic E-state index is 0.0676. The van der Waals surface area contributed by atoms with Crippen LogP contribution in [0.3, 0.4) is 0 Å². The van der Waals surface area contributed by atoms with Gasteiger partial charge in [0, 0.05) is 11.6 Å². The van der Waals surface area contributed by atoms with Gasteiger partial charge in [-0.2, -0.15) is 13.2 Å². The summed E-state index contributed by atoms with van der Waals surface area (Å²) in [5.41, 5.74) is -3.48. The molecule has 0 aliphatic carbocycles. The smallest absolute Gasteiger partial charge is 0.421 e. The Kier molecular flexibility index (Phi) is 4.58. The molecule has 0 bridgehead atoms. The van der Waals surface area contributed by atoms with E-state index in [0.29, 0.717) is 0 Å². The van der Waals surface area contributed by atoms with Crippen LogP contribution in [0.5, 0.6) is 11.5 Å². The molecule has 1 aromatic rings. The molecule has 0 fully saturated rings. The number of rotatable bonds is 4. The van der Waals surface area contributed by atoms with Crippen LogP contribution in [-0.2, 0) is 5.60 Å². The van der Waals surface area contributed by atoms with Crippen molar-refractivity contribution in [1.29, 1.82) is 0 Å². The molecule has 108 valence electrons. The van der Waals surface area contributed by atoms with Gasteiger partial charge in [-0.1, -0.05) is 18.5 Å². The Bertz CT molecular complexity index is 462. The van der Waals surface area contributed by atoms with Crippen molar-refractivity contribution in [3.05, 3.63) is 22.7 Å². The van der Waals surface area contributed by atoms with Crippen molar-refractivity contribution in [2.75, 3.05) is 14.2 Å². The van der Waals surface area contributed by atoms with Gasteiger partial charge in [0.1, 0.15) is 0 Å². The average molecular weight is 299 g/mol. The van der Waals surface area contributed by atoms with E-state index < -0.39 is 23.8 Å². The molecule has 1 aromatic carbocycles. The van der Waals surface area contributed by atoms with Crippen molar-refractivity contribution >= 4 is 11.6 Å². The van der Waals surface area contributed by atoms with E-state index in [0.717, 1.165) is 6.07 Å². The maximum Gasteiger partial charge on any atom is 0.421 e. The second-order valence-electron chi connectivity index (χ2n) is 3.90. The minimum Gasteiger partial charge on any atom is -0.493 e. The predicted molar refractivity (Wildman–Crippen MR) is 64.8 cm³/mol. The topological polar surface area (TPSA) is 38.7 Å². The van der Waals surface area contributed by atoms with Crippen molar-refractivity contribution < 1.29 is 27.8 Å². The number of ether oxygens (including phenoxy) is 2. The maximum atomic E-state index is 13.0. The Hall–Kier alpha value is -1.14.